The van der Waals surface area contributed by atoms with Gasteiger partial charge < -0.3 is 10.3 Å². The number of aryl methyl sites for hydroxylation is 1. The summed E-state index contributed by atoms with van der Waals surface area (Å²) in [4.78, 5) is 3.19. The van der Waals surface area contributed by atoms with Crippen molar-refractivity contribution in [2.75, 3.05) is 6.54 Å². The fourth-order valence-electron chi connectivity index (χ4n) is 2.78. The molecule has 0 amide bonds. The minimum Gasteiger partial charge on any atom is -0.361 e. The Morgan fingerprint density at radius 2 is 2.18 bits per heavy atom. The van der Waals surface area contributed by atoms with Gasteiger partial charge in [-0.3, -0.25) is 4.68 Å². The third-order valence-electron chi connectivity index (χ3n) is 4.12. The third-order valence-corrected chi connectivity index (χ3v) is 4.12. The first-order valence-electron chi connectivity index (χ1n) is 7.66. The Labute approximate surface area is 129 Å². The molecule has 2 heterocycles. The van der Waals surface area contributed by atoms with E-state index in [0.29, 0.717) is 0 Å². The normalized spacial score (nSPS) is 11.4. The zero-order valence-corrected chi connectivity index (χ0v) is 13.0. The van der Waals surface area contributed by atoms with Crippen LogP contribution in [-0.4, -0.2) is 21.3 Å². The summed E-state index contributed by atoms with van der Waals surface area (Å²) in [6.45, 7) is 6.73. The van der Waals surface area contributed by atoms with Gasteiger partial charge in [-0.1, -0.05) is 0 Å². The highest BCUT2D eigenvalue weighted by Gasteiger charge is 2.06. The maximum Gasteiger partial charge on any atom is 0.123 e. The minimum absolute atomic E-state index is 0.191. The van der Waals surface area contributed by atoms with Gasteiger partial charge in [0.2, 0.25) is 0 Å². The molecule has 0 bridgehead atoms. The number of benzene rings is 1. The van der Waals surface area contributed by atoms with E-state index in [1.54, 1.807) is 12.1 Å². The molecule has 0 saturated heterocycles. The quantitative estimate of drug-likeness (QED) is 0.687. The van der Waals surface area contributed by atoms with E-state index in [9.17, 15) is 4.39 Å². The smallest absolute Gasteiger partial charge is 0.123 e. The second-order valence-corrected chi connectivity index (χ2v) is 5.50. The number of nitrogens with zero attached hydrogens (tertiary/aromatic N) is 2. The lowest BCUT2D eigenvalue weighted by atomic mass is 10.1. The van der Waals surface area contributed by atoms with E-state index in [1.165, 1.54) is 17.3 Å². The van der Waals surface area contributed by atoms with Gasteiger partial charge in [0.1, 0.15) is 5.82 Å². The Hall–Kier alpha value is -2.14. The lowest BCUT2D eigenvalue weighted by molar-refractivity contribution is 0.629. The van der Waals surface area contributed by atoms with Crippen molar-refractivity contribution in [3.05, 3.63) is 53.2 Å². The van der Waals surface area contributed by atoms with Crippen LogP contribution in [0.4, 0.5) is 4.39 Å². The third kappa shape index (κ3) is 2.90. The van der Waals surface area contributed by atoms with Crippen LogP contribution in [0, 0.1) is 12.7 Å². The van der Waals surface area contributed by atoms with E-state index in [0.717, 1.165) is 42.5 Å². The van der Waals surface area contributed by atoms with Crippen LogP contribution in [-0.2, 0) is 19.5 Å². The van der Waals surface area contributed by atoms with E-state index < -0.39 is 0 Å². The highest BCUT2D eigenvalue weighted by atomic mass is 19.1. The van der Waals surface area contributed by atoms with Crippen LogP contribution in [0.1, 0.15) is 23.7 Å². The summed E-state index contributed by atoms with van der Waals surface area (Å²) in [6, 6.07) is 4.86. The van der Waals surface area contributed by atoms with Gasteiger partial charge in [0.15, 0.2) is 0 Å². The Balaban J connectivity index is 1.58. The molecule has 0 unspecified atom stereocenters. The molecule has 0 aliphatic heterocycles. The highest BCUT2D eigenvalue weighted by Crippen LogP contribution is 2.19. The SMILES string of the molecule is CCn1ncc(CNCCc2c[nH]c3ccc(F)cc23)c1C. The first-order valence-corrected chi connectivity index (χ1v) is 7.66. The molecule has 0 spiro atoms. The molecule has 1 aromatic carbocycles. The number of aromatic amines is 1. The summed E-state index contributed by atoms with van der Waals surface area (Å²) < 4.78 is 15.3. The number of aromatic nitrogens is 3. The molecular formula is C17H21FN4. The molecule has 0 radical (unpaired) electrons. The fourth-order valence-corrected chi connectivity index (χ4v) is 2.78. The molecule has 0 aliphatic carbocycles. The van der Waals surface area contributed by atoms with E-state index in [4.69, 9.17) is 0 Å². The van der Waals surface area contributed by atoms with Gasteiger partial charge in [-0.2, -0.15) is 5.10 Å². The number of fused-ring (bicyclic) bond motifs is 1. The standard InChI is InChI=1S/C17H21FN4/c1-3-22-12(2)14(11-21-22)9-19-7-6-13-10-20-17-5-4-15(18)8-16(13)17/h4-5,8,10-11,19-20H,3,6-7,9H2,1-2H3. The lowest BCUT2D eigenvalue weighted by Crippen LogP contribution is -2.17. The van der Waals surface area contributed by atoms with E-state index >= 15 is 0 Å². The van der Waals surface area contributed by atoms with Crippen molar-refractivity contribution in [1.82, 2.24) is 20.1 Å². The molecule has 0 fully saturated rings. The number of rotatable bonds is 6. The van der Waals surface area contributed by atoms with Crippen molar-refractivity contribution in [2.24, 2.45) is 0 Å². The van der Waals surface area contributed by atoms with Crippen molar-refractivity contribution >= 4 is 10.9 Å². The van der Waals surface area contributed by atoms with Crippen LogP contribution < -0.4 is 5.32 Å². The lowest BCUT2D eigenvalue weighted by Gasteiger charge is -2.05. The maximum atomic E-state index is 13.3. The van der Waals surface area contributed by atoms with Gasteiger partial charge in [0.05, 0.1) is 6.20 Å². The van der Waals surface area contributed by atoms with Crippen molar-refractivity contribution in [2.45, 2.75) is 33.4 Å². The number of hydrogen-bond acceptors (Lipinski definition) is 2. The molecule has 2 N–H and O–H groups in total. The van der Waals surface area contributed by atoms with Gasteiger partial charge in [0, 0.05) is 41.4 Å². The monoisotopic (exact) mass is 300 g/mol. The Morgan fingerprint density at radius 3 is 2.95 bits per heavy atom. The molecule has 0 saturated carbocycles. The summed E-state index contributed by atoms with van der Waals surface area (Å²) in [5.74, 6) is -0.191. The first-order chi connectivity index (χ1) is 10.7. The average Bonchev–Trinajstić information content (AvgIpc) is 3.07. The topological polar surface area (TPSA) is 45.6 Å². The summed E-state index contributed by atoms with van der Waals surface area (Å²) in [7, 11) is 0. The fraction of sp³-hybridized carbons (Fsp3) is 0.353. The van der Waals surface area contributed by atoms with Crippen molar-refractivity contribution in [3.8, 4) is 0 Å². The summed E-state index contributed by atoms with van der Waals surface area (Å²) >= 11 is 0. The van der Waals surface area contributed by atoms with Crippen molar-refractivity contribution < 1.29 is 4.39 Å². The maximum absolute atomic E-state index is 13.3. The molecule has 4 nitrogen and oxygen atoms in total. The molecule has 116 valence electrons. The van der Waals surface area contributed by atoms with Gasteiger partial charge in [-0.15, -0.1) is 0 Å². The van der Waals surface area contributed by atoms with Crippen LogP contribution in [0.2, 0.25) is 0 Å². The van der Waals surface area contributed by atoms with E-state index in [2.05, 4.69) is 29.2 Å². The van der Waals surface area contributed by atoms with Crippen LogP contribution in [0.15, 0.2) is 30.6 Å². The highest BCUT2D eigenvalue weighted by molar-refractivity contribution is 5.83. The molecular weight excluding hydrogens is 279 g/mol. The van der Waals surface area contributed by atoms with E-state index in [1.807, 2.05) is 17.1 Å². The number of halogens is 1. The molecule has 0 aliphatic rings. The van der Waals surface area contributed by atoms with Gasteiger partial charge >= 0.3 is 0 Å². The van der Waals surface area contributed by atoms with Gasteiger partial charge in [0.25, 0.3) is 0 Å². The zero-order chi connectivity index (χ0) is 15.5. The Bertz CT molecular complexity index is 772. The second-order valence-electron chi connectivity index (χ2n) is 5.50. The summed E-state index contributed by atoms with van der Waals surface area (Å²) in [5, 5.41) is 8.75. The average molecular weight is 300 g/mol. The van der Waals surface area contributed by atoms with Crippen LogP contribution >= 0.6 is 0 Å². The molecule has 0 atom stereocenters. The molecule has 3 rings (SSSR count). The van der Waals surface area contributed by atoms with Crippen LogP contribution in [0.25, 0.3) is 10.9 Å². The predicted molar refractivity (Wildman–Crippen MR) is 86.3 cm³/mol. The van der Waals surface area contributed by atoms with Crippen LogP contribution in [0.3, 0.4) is 0 Å². The minimum atomic E-state index is -0.191. The first kappa shape index (κ1) is 14.8. The second kappa shape index (κ2) is 6.32. The number of H-pyrrole nitrogens is 1. The number of hydrogen-bond donors (Lipinski definition) is 2. The Kier molecular flexibility index (Phi) is 4.24. The summed E-state index contributed by atoms with van der Waals surface area (Å²) in [6.07, 6.45) is 4.75. The van der Waals surface area contributed by atoms with Crippen molar-refractivity contribution in [1.29, 1.82) is 0 Å². The van der Waals surface area contributed by atoms with Gasteiger partial charge in [-0.25, -0.2) is 4.39 Å². The van der Waals surface area contributed by atoms with Gasteiger partial charge in [-0.05, 0) is 50.6 Å². The zero-order valence-electron chi connectivity index (χ0n) is 13.0. The predicted octanol–water partition coefficient (Wildman–Crippen LogP) is 3.16. The van der Waals surface area contributed by atoms with E-state index in [-0.39, 0.29) is 5.82 Å². The largest absolute Gasteiger partial charge is 0.361 e. The molecule has 22 heavy (non-hydrogen) atoms. The Morgan fingerprint density at radius 1 is 1.32 bits per heavy atom. The summed E-state index contributed by atoms with van der Waals surface area (Å²) in [5.41, 5.74) is 4.57. The number of nitrogens with one attached hydrogen (secondary N) is 2. The van der Waals surface area contributed by atoms with Crippen molar-refractivity contribution in [3.63, 3.8) is 0 Å². The molecule has 2 aromatic heterocycles. The molecule has 3 aromatic rings. The van der Waals surface area contributed by atoms with Crippen LogP contribution in [0.5, 0.6) is 0 Å². The molecule has 5 heteroatoms.